The van der Waals surface area contributed by atoms with Gasteiger partial charge in [-0.05, 0) is 123 Å². The predicted molar refractivity (Wildman–Crippen MR) is 243 cm³/mol. The van der Waals surface area contributed by atoms with Crippen LogP contribution in [0.25, 0.3) is 69.9 Å². The van der Waals surface area contributed by atoms with Gasteiger partial charge in [-0.3, -0.25) is 0 Å². The zero-order chi connectivity index (χ0) is 38.2. The third-order valence-electron chi connectivity index (χ3n) is 13.1. The summed E-state index contributed by atoms with van der Waals surface area (Å²) in [5, 5.41) is 5.28. The first-order chi connectivity index (χ1) is 27.8. The summed E-state index contributed by atoms with van der Waals surface area (Å²) in [6.45, 7) is 9.61. The molecule has 0 atom stereocenters. The van der Waals surface area contributed by atoms with E-state index in [2.05, 4.69) is 207 Å². The summed E-state index contributed by atoms with van der Waals surface area (Å²) in [7, 11) is 0. The molecule has 0 saturated carbocycles. The highest BCUT2D eigenvalue weighted by atomic mass is 32.1. The molecule has 0 bridgehead atoms. The smallest absolute Gasteiger partial charge is 0.0544 e. The van der Waals surface area contributed by atoms with E-state index in [-0.39, 0.29) is 10.8 Å². The van der Waals surface area contributed by atoms with Crippen LogP contribution in [0, 0.1) is 0 Å². The number of aromatic nitrogens is 1. The van der Waals surface area contributed by atoms with Gasteiger partial charge in [-0.2, -0.15) is 0 Å². The number of para-hydroxylation sites is 2. The van der Waals surface area contributed by atoms with Crippen LogP contribution in [-0.4, -0.2) is 4.57 Å². The summed E-state index contributed by atoms with van der Waals surface area (Å²) < 4.78 is 5.14. The maximum atomic E-state index is 2.49. The number of fused-ring (bicyclic) bond motifs is 12. The Bertz CT molecular complexity index is 3290. The summed E-state index contributed by atoms with van der Waals surface area (Å²) in [5.74, 6) is 0. The van der Waals surface area contributed by atoms with Crippen molar-refractivity contribution in [2.45, 2.75) is 38.5 Å². The third kappa shape index (κ3) is 4.46. The molecule has 0 spiro atoms. The van der Waals surface area contributed by atoms with Crippen LogP contribution in [0.15, 0.2) is 170 Å². The second-order valence-electron chi connectivity index (χ2n) is 16.9. The quantitative estimate of drug-likeness (QED) is 0.175. The van der Waals surface area contributed by atoms with E-state index in [9.17, 15) is 0 Å². The van der Waals surface area contributed by atoms with E-state index >= 15 is 0 Å². The van der Waals surface area contributed by atoms with Crippen molar-refractivity contribution in [3.63, 3.8) is 0 Å². The molecule has 2 nitrogen and oxygen atoms in total. The van der Waals surface area contributed by atoms with Gasteiger partial charge in [0.25, 0.3) is 0 Å². The molecule has 0 N–H and O–H groups in total. The van der Waals surface area contributed by atoms with Crippen molar-refractivity contribution in [3.8, 4) is 27.9 Å². The molecule has 0 amide bonds. The fourth-order valence-electron chi connectivity index (χ4n) is 10.4. The largest absolute Gasteiger partial charge is 0.310 e. The van der Waals surface area contributed by atoms with Crippen LogP contribution >= 0.6 is 11.3 Å². The van der Waals surface area contributed by atoms with Gasteiger partial charge in [-0.15, -0.1) is 11.3 Å². The average Bonchev–Trinajstić information content (AvgIpc) is 3.85. The Morgan fingerprint density at radius 1 is 0.421 bits per heavy atom. The highest BCUT2D eigenvalue weighted by Gasteiger charge is 2.40. The molecule has 3 heterocycles. The van der Waals surface area contributed by atoms with Crippen molar-refractivity contribution in [1.29, 1.82) is 0 Å². The zero-order valence-corrected chi connectivity index (χ0v) is 33.3. The second kappa shape index (κ2) is 11.6. The van der Waals surface area contributed by atoms with Crippen LogP contribution in [-0.2, 0) is 10.8 Å². The number of rotatable bonds is 3. The Kier molecular flexibility index (Phi) is 6.65. The first kappa shape index (κ1) is 32.8. The predicted octanol–water partition coefficient (Wildman–Crippen LogP) is 15.2. The number of anilines is 3. The zero-order valence-electron chi connectivity index (χ0n) is 32.5. The number of benzene rings is 8. The van der Waals surface area contributed by atoms with Crippen LogP contribution in [0.3, 0.4) is 0 Å². The summed E-state index contributed by atoms with van der Waals surface area (Å²) in [6, 6.07) is 63.6. The van der Waals surface area contributed by atoms with Gasteiger partial charge in [0, 0.05) is 53.1 Å². The first-order valence-electron chi connectivity index (χ1n) is 20.0. The SMILES string of the molecule is CC1(C)c2ccccc2-c2cc3c4cc(-c5ccc6c(c5)C(C)(C)c5c(ccc7sc8ccccc8c57)N6c5ccccc5)ccc4n(-c4ccccc4)c3cc21. The van der Waals surface area contributed by atoms with E-state index < -0.39 is 0 Å². The second-order valence-corrected chi connectivity index (χ2v) is 18.0. The van der Waals surface area contributed by atoms with Gasteiger partial charge in [0.15, 0.2) is 0 Å². The van der Waals surface area contributed by atoms with Gasteiger partial charge in [-0.25, -0.2) is 0 Å². The molecule has 2 aliphatic rings. The molecule has 0 unspecified atom stereocenters. The molecule has 1 aliphatic carbocycles. The third-order valence-corrected chi connectivity index (χ3v) is 14.3. The minimum absolute atomic E-state index is 0.0771. The first-order valence-corrected chi connectivity index (χ1v) is 20.8. The maximum absolute atomic E-state index is 2.49. The van der Waals surface area contributed by atoms with Crippen LogP contribution in [0.1, 0.15) is 49.9 Å². The molecule has 272 valence electrons. The molecule has 57 heavy (non-hydrogen) atoms. The molecule has 0 fully saturated rings. The van der Waals surface area contributed by atoms with Crippen molar-refractivity contribution < 1.29 is 0 Å². The molecule has 1 aliphatic heterocycles. The van der Waals surface area contributed by atoms with Gasteiger partial charge < -0.3 is 9.47 Å². The molecule has 0 radical (unpaired) electrons. The molecule has 8 aromatic carbocycles. The molecule has 3 heteroatoms. The molecule has 0 saturated heterocycles. The van der Waals surface area contributed by atoms with Gasteiger partial charge in [0.1, 0.15) is 0 Å². The van der Waals surface area contributed by atoms with Crippen LogP contribution < -0.4 is 4.90 Å². The molecular weight excluding hydrogens is 709 g/mol. The lowest BCUT2D eigenvalue weighted by molar-refractivity contribution is 0.639. The number of hydrogen-bond donors (Lipinski definition) is 0. The number of nitrogens with zero attached hydrogens (tertiary/aromatic N) is 2. The Morgan fingerprint density at radius 2 is 1.09 bits per heavy atom. The maximum Gasteiger partial charge on any atom is 0.0544 e. The van der Waals surface area contributed by atoms with Crippen LogP contribution in [0.4, 0.5) is 17.1 Å². The topological polar surface area (TPSA) is 8.17 Å². The summed E-state index contributed by atoms with van der Waals surface area (Å²) in [5.41, 5.74) is 17.7. The minimum Gasteiger partial charge on any atom is -0.310 e. The summed E-state index contributed by atoms with van der Waals surface area (Å²) >= 11 is 1.90. The Balaban J connectivity index is 1.10. The minimum atomic E-state index is -0.260. The Labute approximate surface area is 336 Å². The molecule has 10 aromatic rings. The van der Waals surface area contributed by atoms with Crippen molar-refractivity contribution in [2.75, 3.05) is 4.90 Å². The van der Waals surface area contributed by atoms with Gasteiger partial charge >= 0.3 is 0 Å². The highest BCUT2D eigenvalue weighted by molar-refractivity contribution is 7.25. The van der Waals surface area contributed by atoms with Crippen LogP contribution in [0.2, 0.25) is 0 Å². The van der Waals surface area contributed by atoms with Gasteiger partial charge in [0.05, 0.1) is 22.4 Å². The lowest BCUT2D eigenvalue weighted by Crippen LogP contribution is -2.31. The standard InChI is InChI=1S/C54H40N2S/c1-53(2)42-21-13-11-19-37(42)39-31-41-40-29-33(23-25-45(40)55(48(41)32-43(39)53)35-15-7-5-8-16-35)34-24-26-46-44(30-34)54(3,4)52-47(56(46)36-17-9-6-10-18-36)27-28-50-51(52)38-20-12-14-22-49(38)57-50/h5-32H,1-4H3. The monoisotopic (exact) mass is 748 g/mol. The van der Waals surface area contributed by atoms with E-state index in [1.807, 2.05) is 11.3 Å². The number of thiophene rings is 1. The lowest BCUT2D eigenvalue weighted by Gasteiger charge is -2.42. The molecular formula is C54H40N2S. The van der Waals surface area contributed by atoms with Crippen LogP contribution in [0.5, 0.6) is 0 Å². The van der Waals surface area contributed by atoms with Gasteiger partial charge in [-0.1, -0.05) is 119 Å². The average molecular weight is 749 g/mol. The van der Waals surface area contributed by atoms with Crippen molar-refractivity contribution in [3.05, 3.63) is 192 Å². The number of hydrogen-bond acceptors (Lipinski definition) is 2. The van der Waals surface area contributed by atoms with E-state index in [0.717, 1.165) is 0 Å². The summed E-state index contributed by atoms with van der Waals surface area (Å²) in [6.07, 6.45) is 0. The highest BCUT2D eigenvalue weighted by Crippen LogP contribution is 2.57. The Morgan fingerprint density at radius 3 is 1.91 bits per heavy atom. The van der Waals surface area contributed by atoms with E-state index in [1.54, 1.807) is 0 Å². The fraction of sp³-hybridized carbons (Fsp3) is 0.111. The van der Waals surface area contributed by atoms with Crippen molar-refractivity contribution in [2.24, 2.45) is 0 Å². The van der Waals surface area contributed by atoms with E-state index in [4.69, 9.17) is 0 Å². The summed E-state index contributed by atoms with van der Waals surface area (Å²) in [4.78, 5) is 2.49. The van der Waals surface area contributed by atoms with Crippen molar-refractivity contribution in [1.82, 2.24) is 4.57 Å². The van der Waals surface area contributed by atoms with Crippen molar-refractivity contribution >= 4 is 70.4 Å². The van der Waals surface area contributed by atoms with E-state index in [0.29, 0.717) is 0 Å². The fourth-order valence-corrected chi connectivity index (χ4v) is 11.5. The van der Waals surface area contributed by atoms with Gasteiger partial charge in [0.2, 0.25) is 0 Å². The Hall–Kier alpha value is -6.42. The molecule has 12 rings (SSSR count). The molecule has 2 aromatic heterocycles. The lowest BCUT2D eigenvalue weighted by atomic mass is 9.71. The normalized spacial score (nSPS) is 14.9. The van der Waals surface area contributed by atoms with E-state index in [1.165, 1.54) is 109 Å².